The molecule has 0 fully saturated rings. The van der Waals surface area contributed by atoms with Crippen molar-refractivity contribution in [1.29, 1.82) is 0 Å². The van der Waals surface area contributed by atoms with Crippen LogP contribution in [0.3, 0.4) is 0 Å². The Balaban J connectivity index is 1.75. The fourth-order valence-electron chi connectivity index (χ4n) is 2.88. The van der Waals surface area contributed by atoms with Gasteiger partial charge in [-0.15, -0.1) is 0 Å². The molecule has 4 nitrogen and oxygen atoms in total. The van der Waals surface area contributed by atoms with Gasteiger partial charge in [0, 0.05) is 19.8 Å². The first-order valence-electron chi connectivity index (χ1n) is 8.85. The minimum absolute atomic E-state index is 0.159. The Morgan fingerprint density at radius 1 is 0.852 bits per heavy atom. The maximum absolute atomic E-state index is 12.8. The van der Waals surface area contributed by atoms with Crippen molar-refractivity contribution in [3.63, 3.8) is 0 Å². The highest BCUT2D eigenvalue weighted by Crippen LogP contribution is 2.24. The Hall–Kier alpha value is -3.40. The van der Waals surface area contributed by atoms with E-state index in [0.717, 1.165) is 22.4 Å². The lowest BCUT2D eigenvalue weighted by atomic mass is 9.91. The molecule has 0 aliphatic rings. The molecule has 0 atom stereocenters. The van der Waals surface area contributed by atoms with E-state index in [-0.39, 0.29) is 5.91 Å². The van der Waals surface area contributed by atoms with Crippen molar-refractivity contribution in [3.8, 4) is 0 Å². The van der Waals surface area contributed by atoms with Gasteiger partial charge in [-0.2, -0.15) is 5.10 Å². The molecule has 0 aliphatic heterocycles. The van der Waals surface area contributed by atoms with Crippen molar-refractivity contribution in [2.24, 2.45) is 5.10 Å². The number of carbonyl (C=O) groups excluding carboxylic acids is 1. The zero-order valence-corrected chi connectivity index (χ0v) is 15.5. The molecule has 136 valence electrons. The molecule has 3 aromatic rings. The van der Waals surface area contributed by atoms with E-state index in [1.807, 2.05) is 104 Å². The van der Waals surface area contributed by atoms with Crippen molar-refractivity contribution in [1.82, 2.24) is 5.43 Å². The fraction of sp³-hybridized carbons (Fsp3) is 0.130. The third-order valence-corrected chi connectivity index (χ3v) is 4.33. The van der Waals surface area contributed by atoms with Gasteiger partial charge >= 0.3 is 0 Å². The van der Waals surface area contributed by atoms with Gasteiger partial charge in [-0.1, -0.05) is 72.8 Å². The van der Waals surface area contributed by atoms with Crippen molar-refractivity contribution < 1.29 is 4.79 Å². The molecule has 0 aromatic heterocycles. The summed E-state index contributed by atoms with van der Waals surface area (Å²) in [5.41, 5.74) is 6.60. The Bertz CT molecular complexity index is 848. The number of anilines is 1. The van der Waals surface area contributed by atoms with E-state index in [2.05, 4.69) is 10.5 Å². The first-order valence-corrected chi connectivity index (χ1v) is 8.85. The van der Waals surface area contributed by atoms with Crippen LogP contribution in [0.15, 0.2) is 90.0 Å². The van der Waals surface area contributed by atoms with Gasteiger partial charge < -0.3 is 4.90 Å². The second-order valence-electron chi connectivity index (χ2n) is 6.47. The van der Waals surface area contributed by atoms with Crippen LogP contribution in [0.25, 0.3) is 0 Å². The number of benzene rings is 3. The summed E-state index contributed by atoms with van der Waals surface area (Å²) < 4.78 is 0. The summed E-state index contributed by atoms with van der Waals surface area (Å²) in [5.74, 6) is -0.561. The average Bonchev–Trinajstić information content (AvgIpc) is 2.70. The summed E-state index contributed by atoms with van der Waals surface area (Å²) in [6.45, 7) is 0. The van der Waals surface area contributed by atoms with E-state index in [4.69, 9.17) is 0 Å². The maximum Gasteiger partial charge on any atom is 0.252 e. The number of amides is 1. The third kappa shape index (κ3) is 4.82. The summed E-state index contributed by atoms with van der Waals surface area (Å²) in [4.78, 5) is 14.9. The van der Waals surface area contributed by atoms with Crippen molar-refractivity contribution >= 4 is 17.8 Å². The smallest absolute Gasteiger partial charge is 0.252 e. The molecule has 0 aliphatic carbocycles. The summed E-state index contributed by atoms with van der Waals surface area (Å²) in [7, 11) is 3.99. The lowest BCUT2D eigenvalue weighted by Crippen LogP contribution is -2.26. The van der Waals surface area contributed by atoms with E-state index in [0.29, 0.717) is 0 Å². The Kier molecular flexibility index (Phi) is 6.00. The topological polar surface area (TPSA) is 44.7 Å². The number of nitrogens with one attached hydrogen (secondary N) is 1. The standard InChI is InChI=1S/C23H23N3O/c1-26(2)21-15-13-18(14-16-21)17-24-25-23(27)22(19-9-5-3-6-10-19)20-11-7-4-8-12-20/h3-17,22H,1-2H3,(H,25,27). The number of nitrogens with zero attached hydrogens (tertiary/aromatic N) is 2. The Labute approximate surface area is 160 Å². The molecule has 0 bridgehead atoms. The Morgan fingerprint density at radius 3 is 1.85 bits per heavy atom. The molecular weight excluding hydrogens is 334 g/mol. The quantitative estimate of drug-likeness (QED) is 0.535. The molecule has 0 unspecified atom stereocenters. The zero-order chi connectivity index (χ0) is 19.1. The van der Waals surface area contributed by atoms with E-state index in [9.17, 15) is 4.79 Å². The number of hydrogen-bond acceptors (Lipinski definition) is 3. The van der Waals surface area contributed by atoms with Gasteiger partial charge in [0.15, 0.2) is 0 Å². The molecule has 0 radical (unpaired) electrons. The predicted octanol–water partition coefficient (Wildman–Crippen LogP) is 4.03. The van der Waals surface area contributed by atoms with Crippen molar-refractivity contribution in [2.45, 2.75) is 5.92 Å². The molecule has 27 heavy (non-hydrogen) atoms. The highest BCUT2D eigenvalue weighted by atomic mass is 16.2. The molecule has 1 amide bonds. The van der Waals surface area contributed by atoms with E-state index in [1.165, 1.54) is 0 Å². The highest BCUT2D eigenvalue weighted by Gasteiger charge is 2.22. The van der Waals surface area contributed by atoms with Gasteiger partial charge in [-0.25, -0.2) is 5.43 Å². The summed E-state index contributed by atoms with van der Waals surface area (Å²) in [5, 5.41) is 4.15. The van der Waals surface area contributed by atoms with Crippen LogP contribution in [0.2, 0.25) is 0 Å². The predicted molar refractivity (Wildman–Crippen MR) is 111 cm³/mol. The molecule has 0 saturated heterocycles. The highest BCUT2D eigenvalue weighted by molar-refractivity contribution is 5.88. The largest absolute Gasteiger partial charge is 0.378 e. The third-order valence-electron chi connectivity index (χ3n) is 4.33. The SMILES string of the molecule is CN(C)c1ccc(C=NNC(=O)C(c2ccccc2)c2ccccc2)cc1. The average molecular weight is 357 g/mol. The lowest BCUT2D eigenvalue weighted by Gasteiger charge is -2.16. The second kappa shape index (κ2) is 8.81. The summed E-state index contributed by atoms with van der Waals surface area (Å²) in [6.07, 6.45) is 1.66. The lowest BCUT2D eigenvalue weighted by molar-refractivity contribution is -0.121. The maximum atomic E-state index is 12.8. The molecule has 0 heterocycles. The first kappa shape index (κ1) is 18.4. The monoisotopic (exact) mass is 357 g/mol. The number of rotatable bonds is 6. The minimum Gasteiger partial charge on any atom is -0.378 e. The van der Waals surface area contributed by atoms with Crippen LogP contribution in [0.4, 0.5) is 5.69 Å². The van der Waals surface area contributed by atoms with Gasteiger partial charge in [-0.3, -0.25) is 4.79 Å². The zero-order valence-electron chi connectivity index (χ0n) is 15.5. The van der Waals surface area contributed by atoms with E-state index < -0.39 is 5.92 Å². The summed E-state index contributed by atoms with van der Waals surface area (Å²) >= 11 is 0. The molecule has 0 saturated carbocycles. The normalized spacial score (nSPS) is 10.9. The Morgan fingerprint density at radius 2 is 1.37 bits per heavy atom. The van der Waals surface area contributed by atoms with E-state index in [1.54, 1.807) is 6.21 Å². The van der Waals surface area contributed by atoms with Crippen LogP contribution < -0.4 is 10.3 Å². The fourth-order valence-corrected chi connectivity index (χ4v) is 2.88. The van der Waals surface area contributed by atoms with Crippen LogP contribution in [0.1, 0.15) is 22.6 Å². The second-order valence-corrected chi connectivity index (χ2v) is 6.47. The van der Waals surface area contributed by atoms with Gasteiger partial charge in [0.25, 0.3) is 5.91 Å². The van der Waals surface area contributed by atoms with Gasteiger partial charge in [0.2, 0.25) is 0 Å². The van der Waals surface area contributed by atoms with Crippen LogP contribution in [-0.2, 0) is 4.79 Å². The molecule has 3 rings (SSSR count). The van der Waals surface area contributed by atoms with Crippen LogP contribution >= 0.6 is 0 Å². The van der Waals surface area contributed by atoms with Gasteiger partial charge in [-0.05, 0) is 28.8 Å². The first-order chi connectivity index (χ1) is 13.1. The molecule has 3 aromatic carbocycles. The molecule has 1 N–H and O–H groups in total. The summed E-state index contributed by atoms with van der Waals surface area (Å²) in [6, 6.07) is 27.4. The van der Waals surface area contributed by atoms with Gasteiger partial charge in [0.1, 0.15) is 0 Å². The van der Waals surface area contributed by atoms with Crippen LogP contribution in [0, 0.1) is 0 Å². The van der Waals surface area contributed by atoms with Crippen LogP contribution in [0.5, 0.6) is 0 Å². The minimum atomic E-state index is -0.402. The van der Waals surface area contributed by atoms with Gasteiger partial charge in [0.05, 0.1) is 12.1 Å². The molecular formula is C23H23N3O. The number of carbonyl (C=O) groups is 1. The number of hydrazone groups is 1. The molecule has 0 spiro atoms. The van der Waals surface area contributed by atoms with Crippen molar-refractivity contribution in [3.05, 3.63) is 102 Å². The van der Waals surface area contributed by atoms with E-state index >= 15 is 0 Å². The molecule has 4 heteroatoms. The van der Waals surface area contributed by atoms with Crippen LogP contribution in [-0.4, -0.2) is 26.2 Å². The van der Waals surface area contributed by atoms with Crippen molar-refractivity contribution in [2.75, 3.05) is 19.0 Å². The number of hydrogen-bond donors (Lipinski definition) is 1.